The minimum absolute atomic E-state index is 0.267. The van der Waals surface area contributed by atoms with Crippen LogP contribution in [0.5, 0.6) is 0 Å². The number of nitrogens with one attached hydrogen (secondary N) is 1. The Morgan fingerprint density at radius 1 is 1.22 bits per heavy atom. The Kier molecular flexibility index (Phi) is 5.31. The van der Waals surface area contributed by atoms with Gasteiger partial charge in [-0.1, -0.05) is 17.7 Å². The van der Waals surface area contributed by atoms with E-state index in [0.29, 0.717) is 10.6 Å². The van der Waals surface area contributed by atoms with Crippen molar-refractivity contribution < 1.29 is 4.79 Å². The number of hydrazone groups is 1. The van der Waals surface area contributed by atoms with Crippen LogP contribution < -0.4 is 10.3 Å². The highest BCUT2D eigenvalue weighted by Crippen LogP contribution is 2.27. The van der Waals surface area contributed by atoms with E-state index in [4.69, 9.17) is 11.6 Å². The number of carbonyl (C=O) groups is 1. The third-order valence-electron chi connectivity index (χ3n) is 3.73. The summed E-state index contributed by atoms with van der Waals surface area (Å²) < 4.78 is 0. The van der Waals surface area contributed by atoms with Crippen LogP contribution in [-0.2, 0) is 0 Å². The van der Waals surface area contributed by atoms with Gasteiger partial charge >= 0.3 is 0 Å². The normalized spacial score (nSPS) is 15.1. The molecule has 1 amide bonds. The Bertz CT molecular complexity index is 707. The molecule has 23 heavy (non-hydrogen) atoms. The molecule has 0 saturated carbocycles. The highest BCUT2D eigenvalue weighted by molar-refractivity contribution is 7.17. The fraction of sp³-hybridized carbons (Fsp3) is 0.294. The van der Waals surface area contributed by atoms with E-state index < -0.39 is 0 Å². The van der Waals surface area contributed by atoms with Crippen molar-refractivity contribution in [1.82, 2.24) is 5.43 Å². The van der Waals surface area contributed by atoms with Gasteiger partial charge in [-0.15, -0.1) is 11.3 Å². The lowest BCUT2D eigenvalue weighted by atomic mass is 10.1. The molecule has 1 aromatic heterocycles. The van der Waals surface area contributed by atoms with Gasteiger partial charge in [-0.3, -0.25) is 4.79 Å². The Morgan fingerprint density at radius 2 is 2.04 bits per heavy atom. The summed E-state index contributed by atoms with van der Waals surface area (Å²) >= 11 is 7.57. The van der Waals surface area contributed by atoms with Crippen molar-refractivity contribution in [2.45, 2.75) is 19.3 Å². The molecular weight excluding hydrogens is 330 g/mol. The number of thiophene rings is 1. The molecular formula is C17H18ClN3OS. The van der Waals surface area contributed by atoms with Crippen LogP contribution in [0.25, 0.3) is 0 Å². The van der Waals surface area contributed by atoms with E-state index in [1.165, 1.54) is 24.3 Å². The third kappa shape index (κ3) is 4.33. The average Bonchev–Trinajstić information content (AvgIpc) is 3.04. The van der Waals surface area contributed by atoms with Crippen molar-refractivity contribution in [3.8, 4) is 0 Å². The van der Waals surface area contributed by atoms with Crippen LogP contribution in [0.1, 0.15) is 34.5 Å². The molecule has 1 aliphatic rings. The molecule has 2 heterocycles. The third-order valence-corrected chi connectivity index (χ3v) is 5.04. The Hall–Kier alpha value is -1.85. The number of hydrogen-bond acceptors (Lipinski definition) is 4. The lowest BCUT2D eigenvalue weighted by molar-refractivity contribution is 0.0955. The number of benzene rings is 1. The zero-order valence-corrected chi connectivity index (χ0v) is 14.2. The molecule has 0 bridgehead atoms. The minimum Gasteiger partial charge on any atom is -0.363 e. The summed E-state index contributed by atoms with van der Waals surface area (Å²) in [5.74, 6) is -0.267. The predicted octanol–water partition coefficient (Wildman–Crippen LogP) is 4.16. The number of nitrogens with zero attached hydrogens (tertiary/aromatic N) is 2. The molecule has 1 N–H and O–H groups in total. The monoisotopic (exact) mass is 347 g/mol. The van der Waals surface area contributed by atoms with Crippen molar-refractivity contribution in [1.29, 1.82) is 0 Å². The quantitative estimate of drug-likeness (QED) is 0.666. The van der Waals surface area contributed by atoms with E-state index in [9.17, 15) is 4.79 Å². The summed E-state index contributed by atoms with van der Waals surface area (Å²) in [6.07, 6.45) is 5.53. The highest BCUT2D eigenvalue weighted by Gasteiger charge is 2.12. The molecule has 1 aromatic carbocycles. The second-order valence-electron chi connectivity index (χ2n) is 5.43. The Balaban J connectivity index is 1.58. The first-order chi connectivity index (χ1) is 11.2. The van der Waals surface area contributed by atoms with Crippen molar-refractivity contribution in [2.75, 3.05) is 18.0 Å². The lowest BCUT2D eigenvalue weighted by Gasteiger charge is -2.27. The number of hydrogen-bond donors (Lipinski definition) is 1. The van der Waals surface area contributed by atoms with Gasteiger partial charge in [0, 0.05) is 28.6 Å². The van der Waals surface area contributed by atoms with Crippen LogP contribution >= 0.6 is 22.9 Å². The van der Waals surface area contributed by atoms with E-state index in [2.05, 4.69) is 21.5 Å². The van der Waals surface area contributed by atoms with Crippen LogP contribution in [0.3, 0.4) is 0 Å². The molecule has 4 nitrogen and oxygen atoms in total. The molecule has 120 valence electrons. The maximum absolute atomic E-state index is 12.0. The highest BCUT2D eigenvalue weighted by atomic mass is 35.5. The smallest absolute Gasteiger partial charge is 0.271 e. The van der Waals surface area contributed by atoms with Gasteiger partial charge in [0.15, 0.2) is 0 Å². The molecule has 1 fully saturated rings. The molecule has 6 heteroatoms. The van der Waals surface area contributed by atoms with Gasteiger partial charge < -0.3 is 4.90 Å². The van der Waals surface area contributed by atoms with E-state index in [1.54, 1.807) is 41.8 Å². The van der Waals surface area contributed by atoms with Crippen LogP contribution in [0.15, 0.2) is 41.5 Å². The molecule has 1 saturated heterocycles. The van der Waals surface area contributed by atoms with Crippen molar-refractivity contribution in [3.05, 3.63) is 51.9 Å². The number of carbonyl (C=O) groups excluding carboxylic acids is 1. The van der Waals surface area contributed by atoms with Gasteiger partial charge in [0.1, 0.15) is 0 Å². The summed E-state index contributed by atoms with van der Waals surface area (Å²) in [5, 5.41) is 5.83. The number of anilines is 1. The molecule has 3 rings (SSSR count). The van der Waals surface area contributed by atoms with Crippen molar-refractivity contribution in [2.24, 2.45) is 5.10 Å². The van der Waals surface area contributed by atoms with Gasteiger partial charge in [-0.25, -0.2) is 5.43 Å². The lowest BCUT2D eigenvalue weighted by Crippen LogP contribution is -2.28. The minimum atomic E-state index is -0.267. The fourth-order valence-corrected chi connectivity index (χ4v) is 3.67. The van der Waals surface area contributed by atoms with E-state index in [1.807, 2.05) is 6.07 Å². The molecule has 0 spiro atoms. The first-order valence-corrected chi connectivity index (χ1v) is 8.85. The van der Waals surface area contributed by atoms with Crippen molar-refractivity contribution >= 4 is 40.1 Å². The van der Waals surface area contributed by atoms with Crippen LogP contribution in [-0.4, -0.2) is 25.2 Å². The van der Waals surface area contributed by atoms with Gasteiger partial charge in [-0.2, -0.15) is 5.10 Å². The molecule has 2 aromatic rings. The average molecular weight is 348 g/mol. The number of piperidine rings is 1. The summed E-state index contributed by atoms with van der Waals surface area (Å²) in [7, 11) is 0. The number of amides is 1. The molecule has 0 unspecified atom stereocenters. The summed E-state index contributed by atoms with van der Waals surface area (Å²) in [6, 6.07) is 10.9. The largest absolute Gasteiger partial charge is 0.363 e. The van der Waals surface area contributed by atoms with Gasteiger partial charge in [0.05, 0.1) is 11.2 Å². The maximum atomic E-state index is 12.0. The Labute approximate surface area is 144 Å². The summed E-state index contributed by atoms with van der Waals surface area (Å²) in [4.78, 5) is 15.4. The first-order valence-electron chi connectivity index (χ1n) is 7.66. The molecule has 0 radical (unpaired) electrons. The Morgan fingerprint density at radius 3 is 2.83 bits per heavy atom. The predicted molar refractivity (Wildman–Crippen MR) is 96.9 cm³/mol. The fourth-order valence-electron chi connectivity index (χ4n) is 2.54. The van der Waals surface area contributed by atoms with Crippen LogP contribution in [0, 0.1) is 0 Å². The standard InChI is InChI=1S/C17H18ClN3OS/c18-14-6-4-5-13(11-14)17(22)20-19-12-15-7-8-16(23-15)21-9-2-1-3-10-21/h4-8,11-12H,1-3,9-10H2,(H,20,22)/b19-12-. The van der Waals surface area contributed by atoms with Gasteiger partial charge in [0.25, 0.3) is 5.91 Å². The van der Waals surface area contributed by atoms with E-state index in [-0.39, 0.29) is 5.91 Å². The second-order valence-corrected chi connectivity index (χ2v) is 6.96. The second kappa shape index (κ2) is 7.62. The van der Waals surface area contributed by atoms with Crippen LogP contribution in [0.4, 0.5) is 5.00 Å². The van der Waals surface area contributed by atoms with Crippen molar-refractivity contribution in [3.63, 3.8) is 0 Å². The van der Waals surface area contributed by atoms with Crippen LogP contribution in [0.2, 0.25) is 5.02 Å². The van der Waals surface area contributed by atoms with Gasteiger partial charge in [-0.05, 0) is 49.6 Å². The van der Waals surface area contributed by atoms with Gasteiger partial charge in [0.2, 0.25) is 0 Å². The zero-order chi connectivity index (χ0) is 16.1. The first kappa shape index (κ1) is 16.0. The maximum Gasteiger partial charge on any atom is 0.271 e. The zero-order valence-electron chi connectivity index (χ0n) is 12.7. The van der Waals surface area contributed by atoms with E-state index in [0.717, 1.165) is 18.0 Å². The molecule has 0 atom stereocenters. The number of rotatable bonds is 4. The SMILES string of the molecule is O=C(N/N=C\c1ccc(N2CCCCC2)s1)c1cccc(Cl)c1. The summed E-state index contributed by atoms with van der Waals surface area (Å²) in [5.41, 5.74) is 3.02. The van der Waals surface area contributed by atoms with E-state index >= 15 is 0 Å². The topological polar surface area (TPSA) is 44.7 Å². The number of halogens is 1. The summed E-state index contributed by atoms with van der Waals surface area (Å²) in [6.45, 7) is 2.26. The molecule has 0 aliphatic carbocycles. The molecule has 1 aliphatic heterocycles.